The van der Waals surface area contributed by atoms with E-state index in [1.807, 2.05) is 6.92 Å². The molecule has 1 aliphatic rings. The molecule has 22 heavy (non-hydrogen) atoms. The van der Waals surface area contributed by atoms with Crippen molar-refractivity contribution in [2.45, 2.75) is 50.0 Å². The summed E-state index contributed by atoms with van der Waals surface area (Å²) < 4.78 is 34.4. The highest BCUT2D eigenvalue weighted by Crippen LogP contribution is 2.26. The van der Waals surface area contributed by atoms with E-state index in [9.17, 15) is 13.2 Å². The number of ether oxygens (including phenoxy) is 1. The van der Waals surface area contributed by atoms with Crippen molar-refractivity contribution in [3.05, 3.63) is 29.8 Å². The van der Waals surface area contributed by atoms with Crippen LogP contribution in [0.3, 0.4) is 0 Å². The Bertz CT molecular complexity index is 605. The molecule has 0 spiro atoms. The summed E-state index contributed by atoms with van der Waals surface area (Å²) in [4.78, 5) is 11.9. The molecule has 0 unspecified atom stereocenters. The Hall–Kier alpha value is -1.60. The van der Waals surface area contributed by atoms with Gasteiger partial charge in [-0.2, -0.15) is 13.5 Å². The molecule has 0 bridgehead atoms. The van der Waals surface area contributed by atoms with Gasteiger partial charge in [0.25, 0.3) is 0 Å². The van der Waals surface area contributed by atoms with Gasteiger partial charge in [0.15, 0.2) is 0 Å². The number of methoxy groups -OCH3 is 1. The third-order valence-electron chi connectivity index (χ3n) is 3.75. The predicted molar refractivity (Wildman–Crippen MR) is 80.6 cm³/mol. The molecule has 7 heteroatoms. The first-order valence-corrected chi connectivity index (χ1v) is 8.73. The Morgan fingerprint density at radius 2 is 1.73 bits per heavy atom. The number of hydrogen-bond acceptors (Lipinski definition) is 5. The minimum atomic E-state index is -4.06. The molecule has 1 amide bonds. The van der Waals surface area contributed by atoms with Crippen LogP contribution in [0.15, 0.2) is 29.2 Å². The van der Waals surface area contributed by atoms with Crippen LogP contribution in [0.4, 0.5) is 4.79 Å². The van der Waals surface area contributed by atoms with E-state index in [2.05, 4.69) is 4.74 Å². The lowest BCUT2D eigenvalue weighted by Crippen LogP contribution is -2.42. The van der Waals surface area contributed by atoms with Crippen molar-refractivity contribution in [2.24, 2.45) is 0 Å². The fourth-order valence-corrected chi connectivity index (χ4v) is 3.45. The number of rotatable bonds is 4. The van der Waals surface area contributed by atoms with Gasteiger partial charge in [-0.25, -0.2) is 4.79 Å². The van der Waals surface area contributed by atoms with Crippen LogP contribution in [0.2, 0.25) is 0 Å². The van der Waals surface area contributed by atoms with Gasteiger partial charge >= 0.3 is 16.2 Å². The first-order valence-electron chi connectivity index (χ1n) is 7.32. The normalized spacial score (nSPS) is 16.3. The topological polar surface area (TPSA) is 72.9 Å². The smallest absolute Gasteiger partial charge is 0.435 e. The molecule has 0 saturated heterocycles. The van der Waals surface area contributed by atoms with Crippen molar-refractivity contribution < 1.29 is 22.2 Å². The first-order chi connectivity index (χ1) is 10.4. The molecule has 1 aromatic rings. The highest BCUT2D eigenvalue weighted by molar-refractivity contribution is 7.86. The zero-order chi connectivity index (χ0) is 16.2. The van der Waals surface area contributed by atoms with Crippen LogP contribution in [0.1, 0.15) is 37.7 Å². The fraction of sp³-hybridized carbons (Fsp3) is 0.533. The summed E-state index contributed by atoms with van der Waals surface area (Å²) in [6.07, 6.45) is 3.58. The van der Waals surface area contributed by atoms with Gasteiger partial charge in [0.1, 0.15) is 0 Å². The van der Waals surface area contributed by atoms with E-state index in [0.29, 0.717) is 12.8 Å². The van der Waals surface area contributed by atoms with Crippen molar-refractivity contribution in [1.82, 2.24) is 5.06 Å². The highest BCUT2D eigenvalue weighted by atomic mass is 32.2. The molecule has 0 atom stereocenters. The van der Waals surface area contributed by atoms with Gasteiger partial charge in [-0.1, -0.05) is 37.0 Å². The lowest BCUT2D eigenvalue weighted by Gasteiger charge is -2.30. The molecule has 1 fully saturated rings. The van der Waals surface area contributed by atoms with Crippen molar-refractivity contribution in [2.75, 3.05) is 7.11 Å². The third kappa shape index (κ3) is 3.98. The first kappa shape index (κ1) is 16.8. The van der Waals surface area contributed by atoms with E-state index in [1.165, 1.54) is 19.2 Å². The molecule has 1 aliphatic carbocycles. The summed E-state index contributed by atoms with van der Waals surface area (Å²) in [5.74, 6) is 0. The minimum absolute atomic E-state index is 0.0165. The van der Waals surface area contributed by atoms with Gasteiger partial charge in [-0.15, -0.1) is 4.28 Å². The van der Waals surface area contributed by atoms with Crippen LogP contribution < -0.4 is 0 Å². The number of carbonyl (C=O) groups is 1. The molecule has 0 aromatic heterocycles. The van der Waals surface area contributed by atoms with E-state index >= 15 is 0 Å². The molecule has 0 N–H and O–H groups in total. The molecule has 2 rings (SSSR count). The number of hydrogen-bond donors (Lipinski definition) is 0. The molecular weight excluding hydrogens is 306 g/mol. The number of amides is 1. The zero-order valence-corrected chi connectivity index (χ0v) is 13.6. The molecule has 122 valence electrons. The Morgan fingerprint density at radius 3 is 2.27 bits per heavy atom. The standard InChI is InChI=1S/C15H21NO5S/c1-12-8-10-14(11-9-12)22(18,19)21-16(15(17)20-2)13-6-4-3-5-7-13/h8-11,13H,3-7H2,1-2H3. The van der Waals surface area contributed by atoms with Gasteiger partial charge in [-0.3, -0.25) is 0 Å². The molecule has 0 aliphatic heterocycles. The Morgan fingerprint density at radius 1 is 1.14 bits per heavy atom. The second-order valence-corrected chi connectivity index (χ2v) is 6.96. The summed E-state index contributed by atoms with van der Waals surface area (Å²) in [5.41, 5.74) is 0.941. The number of benzene rings is 1. The number of hydroxylamine groups is 2. The zero-order valence-electron chi connectivity index (χ0n) is 12.8. The summed E-state index contributed by atoms with van der Waals surface area (Å²) >= 11 is 0. The van der Waals surface area contributed by atoms with Gasteiger partial charge < -0.3 is 4.74 Å². The van der Waals surface area contributed by atoms with Crippen molar-refractivity contribution in [1.29, 1.82) is 0 Å². The number of nitrogens with zero attached hydrogens (tertiary/aromatic N) is 1. The Labute approximate surface area is 131 Å². The largest absolute Gasteiger partial charge is 0.451 e. The van der Waals surface area contributed by atoms with Gasteiger partial charge in [0.2, 0.25) is 0 Å². The van der Waals surface area contributed by atoms with E-state index in [1.54, 1.807) is 12.1 Å². The third-order valence-corrected chi connectivity index (χ3v) is 4.96. The SMILES string of the molecule is COC(=O)N(OS(=O)(=O)c1ccc(C)cc1)C1CCCCC1. The average molecular weight is 327 g/mol. The van der Waals surface area contributed by atoms with Gasteiger partial charge in [-0.05, 0) is 31.9 Å². The molecule has 6 nitrogen and oxygen atoms in total. The predicted octanol–water partition coefficient (Wildman–Crippen LogP) is 3.02. The van der Waals surface area contributed by atoms with Crippen LogP contribution in [0, 0.1) is 6.92 Å². The lowest BCUT2D eigenvalue weighted by atomic mass is 9.95. The van der Waals surface area contributed by atoms with Gasteiger partial charge in [0.05, 0.1) is 18.0 Å². The molecular formula is C15H21NO5S. The summed E-state index contributed by atoms with van der Waals surface area (Å²) in [5, 5.41) is 0.869. The molecule has 1 aromatic carbocycles. The monoisotopic (exact) mass is 327 g/mol. The molecule has 1 saturated carbocycles. The summed E-state index contributed by atoms with van der Waals surface area (Å²) in [6.45, 7) is 1.86. The van der Waals surface area contributed by atoms with Crippen LogP contribution in [-0.2, 0) is 19.1 Å². The lowest BCUT2D eigenvalue weighted by molar-refractivity contribution is -0.0770. The van der Waals surface area contributed by atoms with E-state index in [-0.39, 0.29) is 10.9 Å². The average Bonchev–Trinajstić information content (AvgIpc) is 2.53. The quantitative estimate of drug-likeness (QED) is 0.795. The van der Waals surface area contributed by atoms with Gasteiger partial charge in [0, 0.05) is 0 Å². The van der Waals surface area contributed by atoms with Crippen LogP contribution >= 0.6 is 0 Å². The fourth-order valence-electron chi connectivity index (χ4n) is 2.50. The van der Waals surface area contributed by atoms with Crippen molar-refractivity contribution >= 4 is 16.2 Å². The highest BCUT2D eigenvalue weighted by Gasteiger charge is 2.32. The maximum atomic E-state index is 12.3. The second-order valence-electron chi connectivity index (χ2n) is 5.43. The Kier molecular flexibility index (Phi) is 5.42. The maximum absolute atomic E-state index is 12.3. The van der Waals surface area contributed by atoms with Crippen LogP contribution in [0.25, 0.3) is 0 Å². The molecule has 0 heterocycles. The van der Waals surface area contributed by atoms with E-state index in [0.717, 1.165) is 29.9 Å². The maximum Gasteiger partial charge on any atom is 0.435 e. The number of aryl methyl sites for hydroxylation is 1. The van der Waals surface area contributed by atoms with E-state index in [4.69, 9.17) is 4.28 Å². The molecule has 0 radical (unpaired) electrons. The van der Waals surface area contributed by atoms with Crippen molar-refractivity contribution in [3.63, 3.8) is 0 Å². The van der Waals surface area contributed by atoms with Crippen LogP contribution in [-0.4, -0.2) is 32.7 Å². The minimum Gasteiger partial charge on any atom is -0.451 e. The number of carbonyl (C=O) groups excluding carboxylic acids is 1. The second kappa shape index (κ2) is 7.11. The summed E-state index contributed by atoms with van der Waals surface area (Å²) in [6, 6.07) is 6.00. The Balaban J connectivity index is 2.21. The van der Waals surface area contributed by atoms with E-state index < -0.39 is 16.2 Å². The van der Waals surface area contributed by atoms with Crippen molar-refractivity contribution in [3.8, 4) is 0 Å². The van der Waals surface area contributed by atoms with Crippen LogP contribution in [0.5, 0.6) is 0 Å². The summed E-state index contributed by atoms with van der Waals surface area (Å²) in [7, 11) is -2.85.